The maximum Gasteiger partial charge on any atom is 0.254 e. The molecule has 0 spiro atoms. The van der Waals surface area contributed by atoms with Gasteiger partial charge in [-0.15, -0.1) is 0 Å². The van der Waals surface area contributed by atoms with Crippen LogP contribution in [0.1, 0.15) is 12.0 Å². The highest BCUT2D eigenvalue weighted by Gasteiger charge is 2.67. The van der Waals surface area contributed by atoms with Crippen LogP contribution in [0.25, 0.3) is 0 Å². The summed E-state index contributed by atoms with van der Waals surface area (Å²) < 4.78 is 5.12. The molecule has 2 amide bonds. The maximum absolute atomic E-state index is 12.8. The van der Waals surface area contributed by atoms with E-state index in [9.17, 15) is 9.59 Å². The van der Waals surface area contributed by atoms with Gasteiger partial charge < -0.3 is 4.74 Å². The van der Waals surface area contributed by atoms with Gasteiger partial charge in [0, 0.05) is 0 Å². The van der Waals surface area contributed by atoms with E-state index in [0.29, 0.717) is 11.8 Å². The predicted octanol–water partition coefficient (Wildman–Crippen LogP) is 2.08. The number of nitrogens with zero attached hydrogens (tertiary/aromatic N) is 2. The fourth-order valence-electron chi connectivity index (χ4n) is 4.87. The molecule has 0 aromatic heterocycles. The molecule has 0 radical (unpaired) electrons. The molecule has 2 bridgehead atoms. The van der Waals surface area contributed by atoms with Crippen molar-refractivity contribution < 1.29 is 14.3 Å². The Morgan fingerprint density at radius 1 is 1.04 bits per heavy atom. The second-order valence-electron chi connectivity index (χ2n) is 7.16. The number of carbonyl (C=O) groups excluding carboxylic acids is 2. The first-order valence-electron chi connectivity index (χ1n) is 8.43. The minimum atomic E-state index is -0.190. The number of imide groups is 1. The topological polar surface area (TPSA) is 59.0 Å². The van der Waals surface area contributed by atoms with Crippen molar-refractivity contribution in [1.29, 1.82) is 0 Å². The lowest BCUT2D eigenvalue weighted by molar-refractivity contribution is -0.140. The molecular weight excluding hydrogens is 304 g/mol. The molecule has 1 aliphatic heterocycles. The Balaban J connectivity index is 1.41. The van der Waals surface area contributed by atoms with Gasteiger partial charge in [0.1, 0.15) is 5.75 Å². The van der Waals surface area contributed by atoms with Crippen molar-refractivity contribution in [3.63, 3.8) is 0 Å². The van der Waals surface area contributed by atoms with Gasteiger partial charge >= 0.3 is 0 Å². The van der Waals surface area contributed by atoms with E-state index >= 15 is 0 Å². The van der Waals surface area contributed by atoms with Gasteiger partial charge in [-0.25, -0.2) is 0 Å². The van der Waals surface area contributed by atoms with Gasteiger partial charge in [-0.05, 0) is 59.9 Å². The molecule has 0 N–H and O–H groups in total. The highest BCUT2D eigenvalue weighted by Crippen LogP contribution is 2.65. The van der Waals surface area contributed by atoms with Crippen LogP contribution in [0.3, 0.4) is 0 Å². The van der Waals surface area contributed by atoms with Crippen LogP contribution in [0.15, 0.2) is 41.5 Å². The summed E-state index contributed by atoms with van der Waals surface area (Å²) in [6.45, 7) is 0. The first-order valence-corrected chi connectivity index (χ1v) is 8.43. The van der Waals surface area contributed by atoms with E-state index in [1.54, 1.807) is 13.3 Å². The molecule has 6 rings (SSSR count). The van der Waals surface area contributed by atoms with Crippen LogP contribution in [0.2, 0.25) is 0 Å². The number of hydrogen-bond acceptors (Lipinski definition) is 4. The predicted molar refractivity (Wildman–Crippen MR) is 87.1 cm³/mol. The number of hydrazone groups is 1. The molecule has 5 heteroatoms. The molecule has 5 aliphatic rings. The van der Waals surface area contributed by atoms with Crippen molar-refractivity contribution in [2.24, 2.45) is 40.6 Å². The third-order valence-electron chi connectivity index (χ3n) is 6.08. The van der Waals surface area contributed by atoms with Gasteiger partial charge in [0.25, 0.3) is 11.8 Å². The summed E-state index contributed by atoms with van der Waals surface area (Å²) in [7, 11) is 1.61. The van der Waals surface area contributed by atoms with Gasteiger partial charge in [0.2, 0.25) is 0 Å². The van der Waals surface area contributed by atoms with Crippen LogP contribution in [0, 0.1) is 35.5 Å². The third-order valence-corrected chi connectivity index (χ3v) is 6.08. The van der Waals surface area contributed by atoms with Crippen molar-refractivity contribution in [2.75, 3.05) is 7.11 Å². The Morgan fingerprint density at radius 3 is 2.17 bits per heavy atom. The second kappa shape index (κ2) is 4.79. The number of rotatable bonds is 3. The summed E-state index contributed by atoms with van der Waals surface area (Å²) in [5.74, 6) is 1.83. The molecule has 1 aromatic carbocycles. The van der Waals surface area contributed by atoms with Crippen LogP contribution in [-0.2, 0) is 9.59 Å². The minimum Gasteiger partial charge on any atom is -0.497 e. The van der Waals surface area contributed by atoms with Gasteiger partial charge in [0.05, 0.1) is 25.2 Å². The van der Waals surface area contributed by atoms with Crippen molar-refractivity contribution >= 4 is 18.0 Å². The van der Waals surface area contributed by atoms with Gasteiger partial charge in [-0.1, -0.05) is 12.2 Å². The van der Waals surface area contributed by atoms with Gasteiger partial charge in [0.15, 0.2) is 0 Å². The molecular formula is C19H18N2O3. The van der Waals surface area contributed by atoms with Crippen molar-refractivity contribution in [3.05, 3.63) is 42.0 Å². The lowest BCUT2D eigenvalue weighted by Crippen LogP contribution is -2.40. The lowest BCUT2D eigenvalue weighted by atomic mass is 9.63. The van der Waals surface area contributed by atoms with Crippen LogP contribution in [0.5, 0.6) is 5.75 Å². The summed E-state index contributed by atoms with van der Waals surface area (Å²) >= 11 is 0. The molecule has 1 saturated heterocycles. The second-order valence-corrected chi connectivity index (χ2v) is 7.16. The number of benzene rings is 1. The third kappa shape index (κ3) is 1.78. The van der Waals surface area contributed by atoms with E-state index in [0.717, 1.165) is 16.3 Å². The number of amides is 2. The van der Waals surface area contributed by atoms with E-state index < -0.39 is 0 Å². The van der Waals surface area contributed by atoms with Crippen molar-refractivity contribution in [3.8, 4) is 5.75 Å². The quantitative estimate of drug-likeness (QED) is 0.486. The summed E-state index contributed by atoms with van der Waals surface area (Å²) in [6, 6.07) is 7.35. The Kier molecular flexibility index (Phi) is 2.78. The number of hydrogen-bond donors (Lipinski definition) is 0. The average molecular weight is 322 g/mol. The smallest absolute Gasteiger partial charge is 0.254 e. The van der Waals surface area contributed by atoms with Crippen LogP contribution in [-0.4, -0.2) is 30.1 Å². The lowest BCUT2D eigenvalue weighted by Gasteiger charge is -2.37. The van der Waals surface area contributed by atoms with Gasteiger partial charge in [-0.3, -0.25) is 9.59 Å². The van der Waals surface area contributed by atoms with E-state index in [4.69, 9.17) is 4.74 Å². The standard InChI is InChI=1S/C19H18N2O3/c1-24-11-4-2-10(3-5-11)9-20-21-18(22)16-12-6-7-13(15-8-14(12)15)17(16)19(21)23/h2-7,9,12-17H,8H2,1H3/b20-9-/t12-,13+,14+,15-,16-,17+. The minimum absolute atomic E-state index is 0.125. The van der Waals surface area contributed by atoms with E-state index in [2.05, 4.69) is 17.3 Å². The van der Waals surface area contributed by atoms with Crippen molar-refractivity contribution in [2.45, 2.75) is 6.42 Å². The van der Waals surface area contributed by atoms with Crippen LogP contribution >= 0.6 is 0 Å². The molecule has 0 unspecified atom stereocenters. The Morgan fingerprint density at radius 2 is 1.62 bits per heavy atom. The summed E-state index contributed by atoms with van der Waals surface area (Å²) in [5, 5.41) is 5.32. The summed E-state index contributed by atoms with van der Waals surface area (Å²) in [4.78, 5) is 25.5. The highest BCUT2D eigenvalue weighted by molar-refractivity contribution is 6.06. The molecule has 5 nitrogen and oxygen atoms in total. The molecule has 6 atom stereocenters. The monoisotopic (exact) mass is 322 g/mol. The Hall–Kier alpha value is -2.43. The number of allylic oxidation sites excluding steroid dienone is 2. The largest absolute Gasteiger partial charge is 0.497 e. The Bertz CT molecular complexity index is 746. The van der Waals surface area contributed by atoms with E-state index in [-0.39, 0.29) is 35.5 Å². The highest BCUT2D eigenvalue weighted by atomic mass is 16.5. The zero-order valence-electron chi connectivity index (χ0n) is 13.3. The first kappa shape index (κ1) is 14.0. The zero-order chi connectivity index (χ0) is 16.4. The zero-order valence-corrected chi connectivity index (χ0v) is 13.3. The van der Waals surface area contributed by atoms with E-state index in [1.165, 1.54) is 6.42 Å². The fourth-order valence-corrected chi connectivity index (χ4v) is 4.87. The number of carbonyl (C=O) groups is 2. The average Bonchev–Trinajstić information content (AvgIpc) is 3.39. The van der Waals surface area contributed by atoms with Gasteiger partial charge in [-0.2, -0.15) is 10.1 Å². The molecule has 1 aromatic rings. The SMILES string of the molecule is COc1ccc(/C=N\N2C(=O)[C@@H]3[C@@H]4C=C[C@@H]([C@H]5C[C@@H]45)[C@@H]3C2=O)cc1. The molecule has 2 saturated carbocycles. The summed E-state index contributed by atoms with van der Waals surface area (Å²) in [5.41, 5.74) is 0.829. The summed E-state index contributed by atoms with van der Waals surface area (Å²) in [6.07, 6.45) is 7.08. The van der Waals surface area contributed by atoms with E-state index in [1.807, 2.05) is 24.3 Å². The molecule has 3 fully saturated rings. The normalized spacial score (nSPS) is 38.6. The molecule has 4 aliphatic carbocycles. The molecule has 1 heterocycles. The molecule has 122 valence electrons. The molecule has 24 heavy (non-hydrogen) atoms. The fraction of sp³-hybridized carbons (Fsp3) is 0.421. The maximum atomic E-state index is 12.8. The van der Waals surface area contributed by atoms with Crippen LogP contribution < -0.4 is 4.74 Å². The number of methoxy groups -OCH3 is 1. The first-order chi connectivity index (χ1) is 11.7. The Labute approximate surface area is 140 Å². The van der Waals surface area contributed by atoms with Crippen molar-refractivity contribution in [1.82, 2.24) is 5.01 Å². The van der Waals surface area contributed by atoms with Crippen LogP contribution in [0.4, 0.5) is 0 Å². The number of ether oxygens (including phenoxy) is 1.